The third-order valence-corrected chi connectivity index (χ3v) is 4.72. The number of methoxy groups -OCH3 is 1. The van der Waals surface area contributed by atoms with Crippen LogP contribution in [0.15, 0.2) is 0 Å². The van der Waals surface area contributed by atoms with Crippen LogP contribution in [0.2, 0.25) is 0 Å². The normalized spacial score (nSPS) is 24.2. The molecule has 0 heterocycles. The molecule has 0 aromatic heterocycles. The highest BCUT2D eigenvalue weighted by atomic mass is 16.6. The van der Waals surface area contributed by atoms with E-state index in [0.717, 1.165) is 0 Å². The number of amides is 2. The molecule has 8 heteroatoms. The van der Waals surface area contributed by atoms with E-state index in [1.807, 2.05) is 20.8 Å². The summed E-state index contributed by atoms with van der Waals surface area (Å²) in [7, 11) is 1.60. The standard InChI is InChI=1S/C20H36N2O6/c1-18(2,3)12-14(21-17(26)28-19(4,5)6)15(23)22-20(16(24)25)10-8-13(27-7)9-11-20/h13-14H,8-12H2,1-7H3,(H,21,26)(H,22,23)(H,24,25)/t13?,14-,20?/m1/s1. The summed E-state index contributed by atoms with van der Waals surface area (Å²) in [5.41, 5.74) is -2.31. The molecule has 1 atom stereocenters. The van der Waals surface area contributed by atoms with Crippen molar-refractivity contribution in [1.29, 1.82) is 0 Å². The fourth-order valence-electron chi connectivity index (χ4n) is 3.31. The molecule has 1 fully saturated rings. The van der Waals surface area contributed by atoms with Gasteiger partial charge in [0.1, 0.15) is 17.2 Å². The Morgan fingerprint density at radius 2 is 1.64 bits per heavy atom. The van der Waals surface area contributed by atoms with E-state index in [0.29, 0.717) is 19.3 Å². The Hall–Kier alpha value is -1.83. The molecule has 28 heavy (non-hydrogen) atoms. The number of carboxylic acid groups (broad SMARTS) is 1. The fourth-order valence-corrected chi connectivity index (χ4v) is 3.31. The first-order valence-corrected chi connectivity index (χ1v) is 9.75. The fraction of sp³-hybridized carbons (Fsp3) is 0.850. The number of carbonyl (C=O) groups excluding carboxylic acids is 2. The minimum Gasteiger partial charge on any atom is -0.480 e. The summed E-state index contributed by atoms with van der Waals surface area (Å²) in [5, 5.41) is 15.1. The molecular weight excluding hydrogens is 364 g/mol. The zero-order valence-electron chi connectivity index (χ0n) is 18.2. The zero-order valence-corrected chi connectivity index (χ0v) is 18.2. The predicted octanol–water partition coefficient (Wildman–Crippen LogP) is 2.84. The van der Waals surface area contributed by atoms with Crippen LogP contribution in [0.25, 0.3) is 0 Å². The number of aliphatic carboxylic acids is 1. The maximum Gasteiger partial charge on any atom is 0.408 e. The lowest BCUT2D eigenvalue weighted by molar-refractivity contribution is -0.151. The van der Waals surface area contributed by atoms with Crippen molar-refractivity contribution in [1.82, 2.24) is 10.6 Å². The van der Waals surface area contributed by atoms with E-state index < -0.39 is 35.2 Å². The van der Waals surface area contributed by atoms with Crippen molar-refractivity contribution in [3.63, 3.8) is 0 Å². The summed E-state index contributed by atoms with van der Waals surface area (Å²) in [6.45, 7) is 11.0. The molecular formula is C20H36N2O6. The number of carbonyl (C=O) groups is 3. The monoisotopic (exact) mass is 400 g/mol. The molecule has 0 spiro atoms. The van der Waals surface area contributed by atoms with E-state index in [2.05, 4.69) is 10.6 Å². The van der Waals surface area contributed by atoms with Crippen LogP contribution in [0.3, 0.4) is 0 Å². The van der Waals surface area contributed by atoms with Gasteiger partial charge in [-0.1, -0.05) is 20.8 Å². The number of hydrogen-bond donors (Lipinski definition) is 3. The maximum absolute atomic E-state index is 13.0. The third kappa shape index (κ3) is 7.66. The van der Waals surface area contributed by atoms with E-state index in [1.54, 1.807) is 27.9 Å². The number of ether oxygens (including phenoxy) is 2. The van der Waals surface area contributed by atoms with Gasteiger partial charge in [-0.3, -0.25) is 4.79 Å². The summed E-state index contributed by atoms with van der Waals surface area (Å²) in [4.78, 5) is 37.1. The molecule has 0 unspecified atom stereocenters. The van der Waals surface area contributed by atoms with Crippen molar-refractivity contribution in [3.8, 4) is 0 Å². The highest BCUT2D eigenvalue weighted by molar-refractivity contribution is 5.91. The van der Waals surface area contributed by atoms with E-state index in [-0.39, 0.29) is 24.4 Å². The molecule has 0 saturated heterocycles. The van der Waals surface area contributed by atoms with Crippen LogP contribution in [-0.4, -0.2) is 53.5 Å². The van der Waals surface area contributed by atoms with Gasteiger partial charge in [0.2, 0.25) is 5.91 Å². The number of alkyl carbamates (subject to hydrolysis) is 1. The predicted molar refractivity (Wildman–Crippen MR) is 105 cm³/mol. The maximum atomic E-state index is 13.0. The summed E-state index contributed by atoms with van der Waals surface area (Å²) < 4.78 is 10.6. The summed E-state index contributed by atoms with van der Waals surface area (Å²) in [6.07, 6.45) is 1.29. The Balaban J connectivity index is 2.94. The number of rotatable bonds is 6. The Morgan fingerprint density at radius 3 is 2.04 bits per heavy atom. The first-order chi connectivity index (χ1) is 12.7. The van der Waals surface area contributed by atoms with Gasteiger partial charge in [0.05, 0.1) is 6.10 Å². The molecule has 0 aromatic carbocycles. The highest BCUT2D eigenvalue weighted by Crippen LogP contribution is 2.31. The Labute approximate surface area is 167 Å². The van der Waals surface area contributed by atoms with E-state index >= 15 is 0 Å². The first kappa shape index (κ1) is 24.2. The molecule has 0 radical (unpaired) electrons. The van der Waals surface area contributed by atoms with Crippen LogP contribution < -0.4 is 10.6 Å². The van der Waals surface area contributed by atoms with Crippen molar-refractivity contribution in [3.05, 3.63) is 0 Å². The van der Waals surface area contributed by atoms with Crippen molar-refractivity contribution >= 4 is 18.0 Å². The van der Waals surface area contributed by atoms with Gasteiger partial charge in [0.15, 0.2) is 0 Å². The van der Waals surface area contributed by atoms with Crippen LogP contribution in [0.4, 0.5) is 4.79 Å². The van der Waals surface area contributed by atoms with Gasteiger partial charge >= 0.3 is 12.1 Å². The molecule has 3 N–H and O–H groups in total. The van der Waals surface area contributed by atoms with Crippen molar-refractivity contribution in [2.24, 2.45) is 5.41 Å². The molecule has 162 valence electrons. The van der Waals surface area contributed by atoms with Crippen molar-refractivity contribution < 1.29 is 29.0 Å². The number of hydrogen-bond acceptors (Lipinski definition) is 5. The summed E-state index contributed by atoms with van der Waals surface area (Å²) >= 11 is 0. The molecule has 1 rings (SSSR count). The molecule has 2 amide bonds. The van der Waals surface area contributed by atoms with Crippen LogP contribution in [-0.2, 0) is 19.1 Å². The van der Waals surface area contributed by atoms with E-state index in [9.17, 15) is 19.5 Å². The largest absolute Gasteiger partial charge is 0.480 e. The van der Waals surface area contributed by atoms with Gasteiger partial charge in [0.25, 0.3) is 0 Å². The average molecular weight is 401 g/mol. The molecule has 1 aliphatic carbocycles. The number of carboxylic acids is 1. The third-order valence-electron chi connectivity index (χ3n) is 4.72. The van der Waals surface area contributed by atoms with Crippen LogP contribution in [0.5, 0.6) is 0 Å². The Bertz CT molecular complexity index is 568. The molecule has 0 bridgehead atoms. The molecule has 0 aromatic rings. The molecule has 1 aliphatic rings. The van der Waals surface area contributed by atoms with Gasteiger partial charge in [-0.25, -0.2) is 9.59 Å². The highest BCUT2D eigenvalue weighted by Gasteiger charge is 2.45. The van der Waals surface area contributed by atoms with Crippen LogP contribution in [0.1, 0.15) is 73.6 Å². The lowest BCUT2D eigenvalue weighted by Crippen LogP contribution is -2.61. The lowest BCUT2D eigenvalue weighted by atomic mass is 9.79. The first-order valence-electron chi connectivity index (χ1n) is 9.75. The van der Waals surface area contributed by atoms with Crippen molar-refractivity contribution in [2.45, 2.75) is 96.9 Å². The van der Waals surface area contributed by atoms with Gasteiger partial charge in [-0.05, 0) is 58.3 Å². The minimum atomic E-state index is -1.35. The zero-order chi connectivity index (χ0) is 21.8. The van der Waals surface area contributed by atoms with Crippen LogP contribution in [0, 0.1) is 5.41 Å². The smallest absolute Gasteiger partial charge is 0.408 e. The second kappa shape index (κ2) is 9.11. The second-order valence-electron chi connectivity index (χ2n) is 9.78. The summed E-state index contributed by atoms with van der Waals surface area (Å²) in [5.74, 6) is -1.58. The van der Waals surface area contributed by atoms with Gasteiger partial charge in [-0.2, -0.15) is 0 Å². The molecule has 0 aliphatic heterocycles. The lowest BCUT2D eigenvalue weighted by Gasteiger charge is -2.38. The molecule has 1 saturated carbocycles. The summed E-state index contributed by atoms with van der Waals surface area (Å²) in [6, 6.07) is -0.897. The quantitative estimate of drug-likeness (QED) is 0.632. The average Bonchev–Trinajstić information content (AvgIpc) is 2.51. The second-order valence-corrected chi connectivity index (χ2v) is 9.78. The van der Waals surface area contributed by atoms with E-state index in [4.69, 9.17) is 9.47 Å². The number of nitrogens with one attached hydrogen (secondary N) is 2. The van der Waals surface area contributed by atoms with Crippen LogP contribution >= 0.6 is 0 Å². The van der Waals surface area contributed by atoms with Crippen molar-refractivity contribution in [2.75, 3.05) is 7.11 Å². The van der Waals surface area contributed by atoms with E-state index in [1.165, 1.54) is 0 Å². The molecule has 8 nitrogen and oxygen atoms in total. The van der Waals surface area contributed by atoms with Gasteiger partial charge in [0, 0.05) is 7.11 Å². The van der Waals surface area contributed by atoms with Gasteiger partial charge < -0.3 is 25.2 Å². The SMILES string of the molecule is COC1CCC(NC(=O)[C@@H](CC(C)(C)C)NC(=O)OC(C)(C)C)(C(=O)O)CC1. The minimum absolute atomic E-state index is 0.00497. The van der Waals surface area contributed by atoms with Gasteiger partial charge in [-0.15, -0.1) is 0 Å². The topological polar surface area (TPSA) is 114 Å². The Morgan fingerprint density at radius 1 is 1.11 bits per heavy atom. The Kier molecular flexibility index (Phi) is 7.88.